The Balaban J connectivity index is 2.08. The molecule has 1 N–H and O–H groups in total. The van der Waals surface area contributed by atoms with Crippen molar-refractivity contribution in [2.45, 2.75) is 38.8 Å². The highest BCUT2D eigenvalue weighted by molar-refractivity contribution is 6.10. The Hall–Kier alpha value is -2.41. The highest BCUT2D eigenvalue weighted by atomic mass is 19.4. The fourth-order valence-electron chi connectivity index (χ4n) is 3.06. The van der Waals surface area contributed by atoms with Crippen LogP contribution in [0.2, 0.25) is 0 Å². The van der Waals surface area contributed by atoms with E-state index >= 15 is 0 Å². The van der Waals surface area contributed by atoms with E-state index in [4.69, 9.17) is 0 Å². The molecule has 1 amide bonds. The molecule has 1 aliphatic rings. The zero-order valence-electron chi connectivity index (χ0n) is 14.2. The number of aliphatic hydroxyl groups is 1. The number of amides is 1. The van der Waals surface area contributed by atoms with E-state index in [1.54, 1.807) is 18.2 Å². The van der Waals surface area contributed by atoms with Crippen LogP contribution in [-0.4, -0.2) is 11.0 Å². The molecule has 7 heteroatoms. The van der Waals surface area contributed by atoms with Crippen molar-refractivity contribution in [1.82, 2.24) is 0 Å². The summed E-state index contributed by atoms with van der Waals surface area (Å²) in [7, 11) is 0. The van der Waals surface area contributed by atoms with Crippen molar-refractivity contribution in [3.05, 3.63) is 64.2 Å². The number of halogens is 4. The molecule has 2 aromatic rings. The molecule has 0 atom stereocenters. The maximum Gasteiger partial charge on any atom is 0.416 e. The lowest BCUT2D eigenvalue weighted by Gasteiger charge is -2.20. The summed E-state index contributed by atoms with van der Waals surface area (Å²) in [5, 5.41) is 9.22. The fraction of sp³-hybridized carbons (Fsp3) is 0.316. The molecule has 3 nitrogen and oxygen atoms in total. The predicted molar refractivity (Wildman–Crippen MR) is 88.5 cm³/mol. The predicted octanol–water partition coefficient (Wildman–Crippen LogP) is 4.56. The van der Waals surface area contributed by atoms with Crippen molar-refractivity contribution >= 4 is 11.6 Å². The highest BCUT2D eigenvalue weighted by Gasteiger charge is 2.40. The lowest BCUT2D eigenvalue weighted by molar-refractivity contribution is -0.138. The van der Waals surface area contributed by atoms with E-state index in [0.29, 0.717) is 11.3 Å². The Morgan fingerprint density at radius 2 is 1.81 bits per heavy atom. The molecule has 0 fully saturated rings. The third-order valence-corrected chi connectivity index (χ3v) is 4.43. The standard InChI is InChI=1S/C19H17F4NO2/c1-18(2,20)12-4-3-5-13(8-12)24-9-15-14(17(24)26)6-11(10-25)7-16(15)19(21,22)23/h3-8,25H,9-10H2,1-2H3. The number of fused-ring (bicyclic) bond motifs is 1. The van der Waals surface area contributed by atoms with Crippen LogP contribution >= 0.6 is 0 Å². The van der Waals surface area contributed by atoms with Gasteiger partial charge in [0, 0.05) is 11.3 Å². The Kier molecular flexibility index (Phi) is 4.30. The largest absolute Gasteiger partial charge is 0.416 e. The van der Waals surface area contributed by atoms with Crippen molar-refractivity contribution in [1.29, 1.82) is 0 Å². The molecule has 0 unspecified atom stereocenters. The molecule has 0 saturated carbocycles. The number of rotatable bonds is 3. The second kappa shape index (κ2) is 6.09. The third-order valence-electron chi connectivity index (χ3n) is 4.43. The average molecular weight is 367 g/mol. The van der Waals surface area contributed by atoms with Crippen molar-refractivity contribution in [2.24, 2.45) is 0 Å². The van der Waals surface area contributed by atoms with Crippen LogP contribution in [0.25, 0.3) is 0 Å². The first-order valence-corrected chi connectivity index (χ1v) is 7.97. The maximum atomic E-state index is 14.2. The van der Waals surface area contributed by atoms with E-state index in [1.807, 2.05) is 0 Å². The first kappa shape index (κ1) is 18.4. The van der Waals surface area contributed by atoms with Gasteiger partial charge in [0.25, 0.3) is 5.91 Å². The SMILES string of the molecule is CC(C)(F)c1cccc(N2Cc3c(cc(CO)cc3C(F)(F)F)C2=O)c1. The molecule has 2 aromatic carbocycles. The van der Waals surface area contributed by atoms with E-state index in [1.165, 1.54) is 30.9 Å². The van der Waals surface area contributed by atoms with Crippen LogP contribution in [0.15, 0.2) is 36.4 Å². The molecule has 0 saturated heterocycles. The van der Waals surface area contributed by atoms with Gasteiger partial charge < -0.3 is 10.0 Å². The van der Waals surface area contributed by atoms with E-state index in [2.05, 4.69) is 0 Å². The van der Waals surface area contributed by atoms with Crippen molar-refractivity contribution in [3.63, 3.8) is 0 Å². The molecule has 26 heavy (non-hydrogen) atoms. The zero-order valence-corrected chi connectivity index (χ0v) is 14.2. The van der Waals surface area contributed by atoms with Gasteiger partial charge in [0.2, 0.25) is 0 Å². The van der Waals surface area contributed by atoms with Gasteiger partial charge in [0.1, 0.15) is 5.67 Å². The lowest BCUT2D eigenvalue weighted by Crippen LogP contribution is -2.23. The first-order valence-electron chi connectivity index (χ1n) is 7.97. The van der Waals surface area contributed by atoms with Crippen molar-refractivity contribution < 1.29 is 27.5 Å². The van der Waals surface area contributed by atoms with Gasteiger partial charge in [-0.2, -0.15) is 13.2 Å². The highest BCUT2D eigenvalue weighted by Crippen LogP contribution is 2.40. The molecule has 138 valence electrons. The van der Waals surface area contributed by atoms with E-state index in [0.717, 1.165) is 6.07 Å². The average Bonchev–Trinajstić information content (AvgIpc) is 2.89. The molecule has 1 aliphatic heterocycles. The zero-order chi connectivity index (χ0) is 19.3. The van der Waals surface area contributed by atoms with Gasteiger partial charge in [-0.05, 0) is 54.8 Å². The second-order valence-electron chi connectivity index (χ2n) is 6.74. The summed E-state index contributed by atoms with van der Waals surface area (Å²) in [5.41, 5.74) is -2.13. The number of hydrogen-bond donors (Lipinski definition) is 1. The molecule has 0 aromatic heterocycles. The summed E-state index contributed by atoms with van der Waals surface area (Å²) >= 11 is 0. The second-order valence-corrected chi connectivity index (χ2v) is 6.74. The topological polar surface area (TPSA) is 40.5 Å². The minimum absolute atomic E-state index is 0.0184. The molecule has 0 aliphatic carbocycles. The van der Waals surface area contributed by atoms with Crippen LogP contribution in [-0.2, 0) is 25.0 Å². The fourth-order valence-corrected chi connectivity index (χ4v) is 3.06. The molecule has 0 spiro atoms. The van der Waals surface area contributed by atoms with Gasteiger partial charge in [0.15, 0.2) is 0 Å². The molecule has 0 bridgehead atoms. The number of carbonyl (C=O) groups excluding carboxylic acids is 1. The smallest absolute Gasteiger partial charge is 0.392 e. The van der Waals surface area contributed by atoms with Gasteiger partial charge in [-0.1, -0.05) is 12.1 Å². The summed E-state index contributed by atoms with van der Waals surface area (Å²) in [5.74, 6) is -0.602. The maximum absolute atomic E-state index is 14.2. The molecular formula is C19H17F4NO2. The van der Waals surface area contributed by atoms with Crippen molar-refractivity contribution in [3.8, 4) is 0 Å². The minimum atomic E-state index is -4.64. The molecule has 0 radical (unpaired) electrons. The minimum Gasteiger partial charge on any atom is -0.392 e. The van der Waals surface area contributed by atoms with E-state index in [9.17, 15) is 27.5 Å². The van der Waals surface area contributed by atoms with Crippen LogP contribution in [0.4, 0.5) is 23.2 Å². The van der Waals surface area contributed by atoms with Crippen LogP contribution < -0.4 is 4.90 Å². The third kappa shape index (κ3) is 3.19. The lowest BCUT2D eigenvalue weighted by atomic mass is 9.99. The summed E-state index contributed by atoms with van der Waals surface area (Å²) in [6.45, 7) is 1.87. The Bertz CT molecular complexity index is 869. The normalized spacial score (nSPS) is 14.7. The number of carbonyl (C=O) groups is 1. The summed E-state index contributed by atoms with van der Waals surface area (Å²) in [6, 6.07) is 8.27. The molecular weight excluding hydrogens is 350 g/mol. The summed E-state index contributed by atoms with van der Waals surface area (Å²) in [4.78, 5) is 13.9. The van der Waals surface area contributed by atoms with Crippen LogP contribution in [0, 0.1) is 0 Å². The molecule has 1 heterocycles. The van der Waals surface area contributed by atoms with Gasteiger partial charge in [0.05, 0.1) is 18.7 Å². The first-order chi connectivity index (χ1) is 12.0. The number of hydrogen-bond acceptors (Lipinski definition) is 2. The van der Waals surface area contributed by atoms with Gasteiger partial charge in [-0.15, -0.1) is 0 Å². The van der Waals surface area contributed by atoms with Crippen LogP contribution in [0.1, 0.15) is 46.5 Å². The summed E-state index contributed by atoms with van der Waals surface area (Å²) in [6.07, 6.45) is -4.64. The van der Waals surface area contributed by atoms with Gasteiger partial charge in [-0.25, -0.2) is 4.39 Å². The van der Waals surface area contributed by atoms with Crippen molar-refractivity contribution in [2.75, 3.05) is 4.90 Å². The summed E-state index contributed by atoms with van der Waals surface area (Å²) < 4.78 is 54.3. The Labute approximate surface area is 147 Å². The van der Waals surface area contributed by atoms with Gasteiger partial charge in [-0.3, -0.25) is 4.79 Å². The molecule has 3 rings (SSSR count). The number of alkyl halides is 4. The number of aliphatic hydroxyl groups excluding tert-OH is 1. The quantitative estimate of drug-likeness (QED) is 0.808. The monoisotopic (exact) mass is 367 g/mol. The van der Waals surface area contributed by atoms with E-state index in [-0.39, 0.29) is 23.2 Å². The van der Waals surface area contributed by atoms with Gasteiger partial charge >= 0.3 is 6.18 Å². The number of anilines is 1. The number of benzene rings is 2. The Morgan fingerprint density at radius 3 is 2.38 bits per heavy atom. The van der Waals surface area contributed by atoms with E-state index < -0.39 is 29.9 Å². The Morgan fingerprint density at radius 1 is 1.12 bits per heavy atom. The van der Waals surface area contributed by atoms with Crippen LogP contribution in [0.5, 0.6) is 0 Å². The van der Waals surface area contributed by atoms with Crippen LogP contribution in [0.3, 0.4) is 0 Å². The number of nitrogens with zero attached hydrogens (tertiary/aromatic N) is 1.